The second-order valence-electron chi connectivity index (χ2n) is 9.00. The third-order valence-electron chi connectivity index (χ3n) is 6.80. The molecule has 1 aliphatic heterocycles. The molecule has 1 aromatic rings. The molecular formula is C23H24N2O5. The number of nitrogens with zero attached hydrogens (tertiary/aromatic N) is 1. The molecule has 0 radical (unpaired) electrons. The number of hydrogen-bond donors (Lipinski definition) is 1. The lowest BCUT2D eigenvalue weighted by Gasteiger charge is -2.37. The van der Waals surface area contributed by atoms with Crippen molar-refractivity contribution in [3.63, 3.8) is 0 Å². The van der Waals surface area contributed by atoms with Crippen LogP contribution in [0.5, 0.6) is 0 Å². The molecule has 1 aromatic carbocycles. The van der Waals surface area contributed by atoms with E-state index in [-0.39, 0.29) is 48.1 Å². The van der Waals surface area contributed by atoms with E-state index in [4.69, 9.17) is 4.74 Å². The normalized spacial score (nSPS) is 32.8. The van der Waals surface area contributed by atoms with Crippen LogP contribution < -0.4 is 5.32 Å². The molecule has 1 N–H and O–H groups in total. The van der Waals surface area contributed by atoms with Gasteiger partial charge in [0, 0.05) is 5.69 Å². The number of nitrogens with one attached hydrogen (secondary N) is 1. The topological polar surface area (TPSA) is 92.8 Å². The van der Waals surface area contributed by atoms with Gasteiger partial charge in [-0.1, -0.05) is 12.2 Å². The fraction of sp³-hybridized carbons (Fsp3) is 0.478. The molecule has 7 nitrogen and oxygen atoms in total. The van der Waals surface area contributed by atoms with Crippen molar-refractivity contribution in [2.24, 2.45) is 35.5 Å². The Kier molecular flexibility index (Phi) is 4.31. The average molecular weight is 408 g/mol. The van der Waals surface area contributed by atoms with Gasteiger partial charge < -0.3 is 10.1 Å². The lowest BCUT2D eigenvalue weighted by molar-refractivity contribution is -0.142. The minimum atomic E-state index is -0.432. The highest BCUT2D eigenvalue weighted by Gasteiger charge is 2.67. The van der Waals surface area contributed by atoms with E-state index < -0.39 is 11.9 Å². The van der Waals surface area contributed by atoms with Crippen molar-refractivity contribution in [2.75, 3.05) is 11.9 Å². The molecule has 1 saturated heterocycles. The number of benzene rings is 1. The Balaban J connectivity index is 1.23. The van der Waals surface area contributed by atoms with Crippen molar-refractivity contribution in [1.29, 1.82) is 0 Å². The molecule has 1 heterocycles. The van der Waals surface area contributed by atoms with E-state index in [9.17, 15) is 19.2 Å². The van der Waals surface area contributed by atoms with Gasteiger partial charge in [-0.05, 0) is 68.2 Å². The Hall–Kier alpha value is -2.96. The lowest BCUT2D eigenvalue weighted by Crippen LogP contribution is -2.40. The van der Waals surface area contributed by atoms with Gasteiger partial charge in [-0.15, -0.1) is 0 Å². The molecule has 6 rings (SSSR count). The first-order valence-corrected chi connectivity index (χ1v) is 10.5. The number of carbonyl (C=O) groups is 4. The Morgan fingerprint density at radius 3 is 2.13 bits per heavy atom. The summed E-state index contributed by atoms with van der Waals surface area (Å²) in [4.78, 5) is 51.4. The number of anilines is 1. The first kappa shape index (κ1) is 19.0. The van der Waals surface area contributed by atoms with Crippen molar-refractivity contribution in [3.8, 4) is 0 Å². The van der Waals surface area contributed by atoms with Crippen LogP contribution in [0.4, 0.5) is 5.69 Å². The smallest absolute Gasteiger partial charge is 0.338 e. The summed E-state index contributed by atoms with van der Waals surface area (Å²) in [6.45, 7) is 3.26. The van der Waals surface area contributed by atoms with E-state index in [1.54, 1.807) is 38.1 Å². The number of carbonyl (C=O) groups excluding carboxylic acids is 4. The number of likely N-dealkylation sites (tertiary alicyclic amines) is 1. The van der Waals surface area contributed by atoms with E-state index in [1.165, 1.54) is 0 Å². The molecule has 156 valence electrons. The highest BCUT2D eigenvalue weighted by atomic mass is 16.5. The zero-order valence-electron chi connectivity index (χ0n) is 16.9. The Labute approximate surface area is 174 Å². The highest BCUT2D eigenvalue weighted by Crippen LogP contribution is 2.65. The van der Waals surface area contributed by atoms with Gasteiger partial charge in [-0.25, -0.2) is 4.79 Å². The molecular weight excluding hydrogens is 384 g/mol. The van der Waals surface area contributed by atoms with Crippen LogP contribution in [0.1, 0.15) is 30.6 Å². The molecule has 5 aliphatic rings. The fourth-order valence-electron chi connectivity index (χ4n) is 5.49. The molecule has 30 heavy (non-hydrogen) atoms. The summed E-state index contributed by atoms with van der Waals surface area (Å²) in [6.07, 6.45) is 5.12. The maximum atomic E-state index is 12.9. The summed E-state index contributed by atoms with van der Waals surface area (Å²) < 4.78 is 5.14. The van der Waals surface area contributed by atoms with Crippen LogP contribution in [-0.4, -0.2) is 41.2 Å². The van der Waals surface area contributed by atoms with Gasteiger partial charge in [-0.3, -0.25) is 19.3 Å². The monoisotopic (exact) mass is 408 g/mol. The van der Waals surface area contributed by atoms with E-state index >= 15 is 0 Å². The summed E-state index contributed by atoms with van der Waals surface area (Å²) in [6, 6.07) is 6.33. The molecule has 4 aliphatic carbocycles. The number of hydrogen-bond acceptors (Lipinski definition) is 5. The van der Waals surface area contributed by atoms with E-state index in [2.05, 4.69) is 17.5 Å². The van der Waals surface area contributed by atoms with E-state index in [1.807, 2.05) is 0 Å². The van der Waals surface area contributed by atoms with Crippen LogP contribution in [0.2, 0.25) is 0 Å². The van der Waals surface area contributed by atoms with Crippen LogP contribution >= 0.6 is 0 Å². The van der Waals surface area contributed by atoms with Crippen molar-refractivity contribution in [2.45, 2.75) is 26.4 Å². The van der Waals surface area contributed by atoms with Crippen LogP contribution in [-0.2, 0) is 19.1 Å². The second-order valence-corrected chi connectivity index (χ2v) is 9.00. The van der Waals surface area contributed by atoms with Gasteiger partial charge in [-0.2, -0.15) is 0 Å². The number of esters is 1. The van der Waals surface area contributed by atoms with Gasteiger partial charge in [0.25, 0.3) is 0 Å². The molecule has 2 bridgehead atoms. The quantitative estimate of drug-likeness (QED) is 0.458. The number of imide groups is 1. The predicted molar refractivity (Wildman–Crippen MR) is 107 cm³/mol. The third-order valence-corrected chi connectivity index (χ3v) is 6.80. The van der Waals surface area contributed by atoms with Crippen LogP contribution in [0.15, 0.2) is 36.4 Å². The molecule has 3 fully saturated rings. The number of amides is 3. The Morgan fingerprint density at radius 1 is 1.03 bits per heavy atom. The largest absolute Gasteiger partial charge is 0.459 e. The van der Waals surface area contributed by atoms with Gasteiger partial charge in [0.15, 0.2) is 0 Å². The van der Waals surface area contributed by atoms with Crippen LogP contribution in [0.3, 0.4) is 0 Å². The standard InChI is InChI=1S/C23H24N2O5/c1-11(2)30-23(29)12-3-5-13(6-4-12)24-18(26)10-25-21(27)19-14-7-8-15(17-9-16(14)17)20(19)22(25)28/h3-8,11,14-17,19-20H,9-10H2,1-2H3,(H,24,26)/t14-,15-,16-,17-,19-,20+/m1/s1. The highest BCUT2D eigenvalue weighted by molar-refractivity contribution is 6.09. The third kappa shape index (κ3) is 2.95. The van der Waals surface area contributed by atoms with E-state index in [0.29, 0.717) is 23.1 Å². The maximum Gasteiger partial charge on any atom is 0.338 e. The molecule has 0 unspecified atom stereocenters. The van der Waals surface area contributed by atoms with Crippen molar-refractivity contribution < 1.29 is 23.9 Å². The van der Waals surface area contributed by atoms with Gasteiger partial charge >= 0.3 is 5.97 Å². The number of ether oxygens (including phenoxy) is 1. The molecule has 3 amide bonds. The zero-order chi connectivity index (χ0) is 21.2. The van der Waals surface area contributed by atoms with Gasteiger partial charge in [0.1, 0.15) is 6.54 Å². The fourth-order valence-corrected chi connectivity index (χ4v) is 5.49. The summed E-state index contributed by atoms with van der Waals surface area (Å²) >= 11 is 0. The van der Waals surface area contributed by atoms with Crippen molar-refractivity contribution in [1.82, 2.24) is 4.90 Å². The average Bonchev–Trinajstić information content (AvgIpc) is 3.49. The first-order valence-electron chi connectivity index (χ1n) is 10.5. The van der Waals surface area contributed by atoms with Crippen molar-refractivity contribution >= 4 is 29.4 Å². The number of allylic oxidation sites excluding steroid dienone is 2. The Bertz CT molecular complexity index is 930. The lowest BCUT2D eigenvalue weighted by atomic mass is 9.63. The second kappa shape index (κ2) is 6.79. The number of rotatable bonds is 5. The summed E-state index contributed by atoms with van der Waals surface area (Å²) in [5.41, 5.74) is 0.873. The molecule has 6 atom stereocenters. The maximum absolute atomic E-state index is 12.9. The van der Waals surface area contributed by atoms with E-state index in [0.717, 1.165) is 11.3 Å². The SMILES string of the molecule is CC(C)OC(=O)c1ccc(NC(=O)CN2C(=O)[C@@H]3[C@@H]4C=C[C@H]([C@H]5C[C@H]45)[C@@H]3C2=O)cc1. The zero-order valence-corrected chi connectivity index (χ0v) is 16.9. The first-order chi connectivity index (χ1) is 14.3. The minimum absolute atomic E-state index is 0.146. The van der Waals surface area contributed by atoms with Gasteiger partial charge in [0.2, 0.25) is 17.7 Å². The minimum Gasteiger partial charge on any atom is -0.459 e. The molecule has 0 aromatic heterocycles. The Morgan fingerprint density at radius 2 is 1.60 bits per heavy atom. The summed E-state index contributed by atoms with van der Waals surface area (Å²) in [7, 11) is 0. The molecule has 2 saturated carbocycles. The summed E-state index contributed by atoms with van der Waals surface area (Å²) in [5, 5.41) is 2.70. The molecule has 0 spiro atoms. The van der Waals surface area contributed by atoms with Gasteiger partial charge in [0.05, 0.1) is 23.5 Å². The predicted octanol–water partition coefficient (Wildman–Crippen LogP) is 2.24. The van der Waals surface area contributed by atoms with Crippen molar-refractivity contribution in [3.05, 3.63) is 42.0 Å². The van der Waals surface area contributed by atoms with Crippen LogP contribution in [0, 0.1) is 35.5 Å². The van der Waals surface area contributed by atoms with Crippen LogP contribution in [0.25, 0.3) is 0 Å². The molecule has 7 heteroatoms. The summed E-state index contributed by atoms with van der Waals surface area (Å²) in [5.74, 6) is -0.516.